The largest absolute Gasteiger partial charge is 0.467 e. The van der Waals surface area contributed by atoms with Crippen LogP contribution in [0.4, 0.5) is 0 Å². The van der Waals surface area contributed by atoms with E-state index in [2.05, 4.69) is 5.32 Å². The minimum absolute atomic E-state index is 0.154. The van der Waals surface area contributed by atoms with Gasteiger partial charge < -0.3 is 20.2 Å². The maximum absolute atomic E-state index is 11.9. The van der Waals surface area contributed by atoms with Crippen molar-refractivity contribution in [3.05, 3.63) is 59.5 Å². The number of carbonyl (C=O) groups is 1. The highest BCUT2D eigenvalue weighted by atomic mass is 16.5. The Balaban J connectivity index is 1.66. The Labute approximate surface area is 130 Å². The fourth-order valence-electron chi connectivity index (χ4n) is 1.99. The molecule has 1 aromatic carbocycles. The lowest BCUT2D eigenvalue weighted by atomic mass is 10.2. The monoisotopic (exact) mass is 302 g/mol. The number of ether oxygens (including phenoxy) is 1. The van der Waals surface area contributed by atoms with Crippen molar-refractivity contribution in [2.75, 3.05) is 13.2 Å². The van der Waals surface area contributed by atoms with Gasteiger partial charge in [-0.05, 0) is 17.5 Å². The van der Waals surface area contributed by atoms with Crippen molar-refractivity contribution in [3.63, 3.8) is 0 Å². The molecule has 2 aromatic rings. The van der Waals surface area contributed by atoms with Crippen molar-refractivity contribution in [2.45, 2.75) is 20.1 Å². The summed E-state index contributed by atoms with van der Waals surface area (Å²) in [6.07, 6.45) is 1.42. The summed E-state index contributed by atoms with van der Waals surface area (Å²) in [4.78, 5) is 11.9. The van der Waals surface area contributed by atoms with Gasteiger partial charge in [0, 0.05) is 6.54 Å². The predicted molar refractivity (Wildman–Crippen MR) is 84.2 cm³/mol. The Morgan fingerprint density at radius 3 is 2.82 bits per heavy atom. The highest BCUT2D eigenvalue weighted by molar-refractivity contribution is 5.93. The van der Waals surface area contributed by atoms with Gasteiger partial charge in [0.05, 0.1) is 25.3 Å². The summed E-state index contributed by atoms with van der Waals surface area (Å²) >= 11 is 0. The number of hydrogen-bond donors (Lipinski definition) is 2. The summed E-state index contributed by atoms with van der Waals surface area (Å²) in [6.45, 7) is 4.05. The Kier molecular flexibility index (Phi) is 6.18. The first kappa shape index (κ1) is 16.3. The molecule has 0 aliphatic rings. The molecule has 0 spiro atoms. The summed E-state index contributed by atoms with van der Waals surface area (Å²) in [6, 6.07) is 11.7. The molecular formula is C17H22N2O3. The van der Waals surface area contributed by atoms with Crippen molar-refractivity contribution in [3.8, 4) is 0 Å². The fourth-order valence-corrected chi connectivity index (χ4v) is 1.99. The molecule has 0 radical (unpaired) electrons. The SMILES string of the molecule is CC(CNC(=O)c1coc(CN)c1)COCc1ccccc1. The third-order valence-electron chi connectivity index (χ3n) is 3.24. The standard InChI is InChI=1S/C17H22N2O3/c1-13(10-21-11-14-5-3-2-4-6-14)9-19-17(20)15-7-16(8-18)22-12-15/h2-7,12-13H,8-11,18H2,1H3,(H,19,20). The number of furan rings is 1. The second-order valence-corrected chi connectivity index (χ2v) is 5.32. The van der Waals surface area contributed by atoms with Crippen LogP contribution in [-0.4, -0.2) is 19.1 Å². The molecule has 0 aliphatic carbocycles. The van der Waals surface area contributed by atoms with Gasteiger partial charge >= 0.3 is 0 Å². The average molecular weight is 302 g/mol. The number of rotatable bonds is 8. The number of nitrogens with one attached hydrogen (secondary N) is 1. The molecule has 0 saturated heterocycles. The molecule has 22 heavy (non-hydrogen) atoms. The molecule has 1 amide bonds. The van der Waals surface area contributed by atoms with Crippen molar-refractivity contribution in [1.29, 1.82) is 0 Å². The van der Waals surface area contributed by atoms with E-state index in [-0.39, 0.29) is 18.4 Å². The van der Waals surface area contributed by atoms with Gasteiger partial charge in [0.2, 0.25) is 0 Å². The van der Waals surface area contributed by atoms with E-state index in [0.717, 1.165) is 5.56 Å². The minimum atomic E-state index is -0.154. The van der Waals surface area contributed by atoms with Crippen LogP contribution >= 0.6 is 0 Å². The van der Waals surface area contributed by atoms with Crippen molar-refractivity contribution in [1.82, 2.24) is 5.32 Å². The Bertz CT molecular complexity index is 581. The molecule has 1 unspecified atom stereocenters. The predicted octanol–water partition coefficient (Wildman–Crippen LogP) is 2.32. The normalized spacial score (nSPS) is 12.1. The van der Waals surface area contributed by atoms with Crippen LogP contribution < -0.4 is 11.1 Å². The zero-order valence-corrected chi connectivity index (χ0v) is 12.7. The van der Waals surface area contributed by atoms with Gasteiger partial charge in [-0.2, -0.15) is 0 Å². The smallest absolute Gasteiger partial charge is 0.254 e. The summed E-state index contributed by atoms with van der Waals surface area (Å²) in [5.74, 6) is 0.677. The molecule has 1 aromatic heterocycles. The molecule has 5 heteroatoms. The van der Waals surface area contributed by atoms with Gasteiger partial charge in [-0.3, -0.25) is 4.79 Å². The van der Waals surface area contributed by atoms with Gasteiger partial charge in [-0.15, -0.1) is 0 Å². The lowest BCUT2D eigenvalue weighted by Crippen LogP contribution is -2.29. The molecule has 0 fully saturated rings. The zero-order valence-electron chi connectivity index (χ0n) is 12.7. The maximum atomic E-state index is 11.9. The Hall–Kier alpha value is -2.11. The lowest BCUT2D eigenvalue weighted by molar-refractivity contribution is 0.0843. The van der Waals surface area contributed by atoms with Crippen LogP contribution in [0.5, 0.6) is 0 Å². The summed E-state index contributed by atoms with van der Waals surface area (Å²) in [5.41, 5.74) is 7.09. The molecule has 0 aliphatic heterocycles. The lowest BCUT2D eigenvalue weighted by Gasteiger charge is -2.12. The van der Waals surface area contributed by atoms with Crippen LogP contribution in [0.1, 0.15) is 28.6 Å². The van der Waals surface area contributed by atoms with E-state index < -0.39 is 0 Å². The summed E-state index contributed by atoms with van der Waals surface area (Å²) in [5, 5.41) is 2.87. The van der Waals surface area contributed by atoms with Gasteiger partial charge in [0.15, 0.2) is 0 Å². The first-order valence-electron chi connectivity index (χ1n) is 7.36. The molecule has 0 saturated carbocycles. The van der Waals surface area contributed by atoms with E-state index in [1.165, 1.54) is 6.26 Å². The quantitative estimate of drug-likeness (QED) is 0.784. The number of hydrogen-bond acceptors (Lipinski definition) is 4. The van der Waals surface area contributed by atoms with Crippen LogP contribution in [0.3, 0.4) is 0 Å². The van der Waals surface area contributed by atoms with Crippen LogP contribution in [-0.2, 0) is 17.9 Å². The number of carbonyl (C=O) groups excluding carboxylic acids is 1. The zero-order chi connectivity index (χ0) is 15.8. The first-order chi connectivity index (χ1) is 10.7. The highest BCUT2D eigenvalue weighted by Gasteiger charge is 2.11. The Morgan fingerprint density at radius 1 is 1.36 bits per heavy atom. The molecule has 2 rings (SSSR count). The van der Waals surface area contributed by atoms with E-state index >= 15 is 0 Å². The van der Waals surface area contributed by atoms with Gasteiger partial charge in [0.25, 0.3) is 5.91 Å². The third-order valence-corrected chi connectivity index (χ3v) is 3.24. The van der Waals surface area contributed by atoms with Crippen LogP contribution in [0.15, 0.2) is 47.1 Å². The van der Waals surface area contributed by atoms with Crippen molar-refractivity contribution >= 4 is 5.91 Å². The van der Waals surface area contributed by atoms with Crippen LogP contribution in [0.2, 0.25) is 0 Å². The average Bonchev–Trinajstić information content (AvgIpc) is 3.03. The maximum Gasteiger partial charge on any atom is 0.254 e. The van der Waals surface area contributed by atoms with E-state index in [1.807, 2.05) is 37.3 Å². The first-order valence-corrected chi connectivity index (χ1v) is 7.36. The van der Waals surface area contributed by atoms with E-state index in [1.54, 1.807) is 6.07 Å². The summed E-state index contributed by atoms with van der Waals surface area (Å²) < 4.78 is 10.8. The third kappa shape index (κ3) is 5.02. The summed E-state index contributed by atoms with van der Waals surface area (Å²) in [7, 11) is 0. The van der Waals surface area contributed by atoms with E-state index in [0.29, 0.717) is 31.1 Å². The van der Waals surface area contributed by atoms with Crippen LogP contribution in [0, 0.1) is 5.92 Å². The molecular weight excluding hydrogens is 280 g/mol. The van der Waals surface area contributed by atoms with E-state index in [9.17, 15) is 4.79 Å². The molecule has 3 N–H and O–H groups in total. The minimum Gasteiger partial charge on any atom is -0.467 e. The van der Waals surface area contributed by atoms with Crippen LogP contribution in [0.25, 0.3) is 0 Å². The second-order valence-electron chi connectivity index (χ2n) is 5.32. The molecule has 0 bridgehead atoms. The van der Waals surface area contributed by atoms with E-state index in [4.69, 9.17) is 14.9 Å². The van der Waals surface area contributed by atoms with Gasteiger partial charge in [0.1, 0.15) is 12.0 Å². The Morgan fingerprint density at radius 2 is 2.14 bits per heavy atom. The number of benzene rings is 1. The topological polar surface area (TPSA) is 77.5 Å². The van der Waals surface area contributed by atoms with Crippen molar-refractivity contribution < 1.29 is 13.9 Å². The molecule has 1 heterocycles. The number of amides is 1. The van der Waals surface area contributed by atoms with Gasteiger partial charge in [-0.1, -0.05) is 37.3 Å². The second kappa shape index (κ2) is 8.36. The molecule has 5 nitrogen and oxygen atoms in total. The van der Waals surface area contributed by atoms with Gasteiger partial charge in [-0.25, -0.2) is 0 Å². The van der Waals surface area contributed by atoms with Crippen molar-refractivity contribution in [2.24, 2.45) is 11.7 Å². The molecule has 1 atom stereocenters. The number of nitrogens with two attached hydrogens (primary N) is 1. The fraction of sp³-hybridized carbons (Fsp3) is 0.353. The molecule has 118 valence electrons. The highest BCUT2D eigenvalue weighted by Crippen LogP contribution is 2.07.